The molecular weight excluding hydrogens is 295 g/mol. The number of hydrogen-bond acceptors (Lipinski definition) is 2. The highest BCUT2D eigenvalue weighted by atomic mass is 79.9. The van der Waals surface area contributed by atoms with E-state index in [1.807, 2.05) is 12.1 Å². The van der Waals surface area contributed by atoms with Crippen LogP contribution >= 0.6 is 15.9 Å². The molecule has 3 rings (SSSR count). The van der Waals surface area contributed by atoms with Crippen LogP contribution in [0, 0.1) is 5.82 Å². The van der Waals surface area contributed by atoms with Crippen molar-refractivity contribution in [1.29, 1.82) is 0 Å². The van der Waals surface area contributed by atoms with Crippen molar-refractivity contribution in [2.75, 3.05) is 18.4 Å². The van der Waals surface area contributed by atoms with E-state index in [1.165, 1.54) is 44.8 Å². The van der Waals surface area contributed by atoms with Crippen molar-refractivity contribution >= 4 is 21.6 Å². The molecule has 0 saturated carbocycles. The van der Waals surface area contributed by atoms with Gasteiger partial charge in [0.25, 0.3) is 0 Å². The number of nitrogens with one attached hydrogen (secondary N) is 1. The lowest BCUT2D eigenvalue weighted by atomic mass is 9.99. The van der Waals surface area contributed by atoms with Gasteiger partial charge in [0.1, 0.15) is 5.82 Å². The second-order valence-electron chi connectivity index (χ2n) is 5.27. The monoisotopic (exact) mass is 312 g/mol. The molecule has 0 aromatic heterocycles. The van der Waals surface area contributed by atoms with Crippen LogP contribution in [0.25, 0.3) is 0 Å². The maximum absolute atomic E-state index is 13.2. The molecule has 1 aromatic carbocycles. The van der Waals surface area contributed by atoms with Crippen molar-refractivity contribution in [2.45, 2.75) is 37.8 Å². The summed E-state index contributed by atoms with van der Waals surface area (Å²) in [6.45, 7) is 2.45. The first-order valence-electron chi connectivity index (χ1n) is 6.70. The Bertz CT molecular complexity index is 438. The Balaban J connectivity index is 1.70. The van der Waals surface area contributed by atoms with Gasteiger partial charge in [-0.25, -0.2) is 4.39 Å². The molecular formula is C14H18BrFN2. The normalized spacial score (nSPS) is 28.1. The third-order valence-electron chi connectivity index (χ3n) is 4.13. The maximum Gasteiger partial charge on any atom is 0.137 e. The summed E-state index contributed by atoms with van der Waals surface area (Å²) in [6.07, 6.45) is 5.16. The molecule has 2 atom stereocenters. The van der Waals surface area contributed by atoms with Crippen molar-refractivity contribution in [3.8, 4) is 0 Å². The van der Waals surface area contributed by atoms with E-state index in [0.29, 0.717) is 16.6 Å². The molecule has 4 heteroatoms. The molecule has 2 aliphatic rings. The van der Waals surface area contributed by atoms with Gasteiger partial charge < -0.3 is 5.32 Å². The number of anilines is 1. The predicted molar refractivity (Wildman–Crippen MR) is 75.3 cm³/mol. The molecule has 2 fully saturated rings. The van der Waals surface area contributed by atoms with E-state index in [-0.39, 0.29) is 5.82 Å². The highest BCUT2D eigenvalue weighted by Crippen LogP contribution is 2.30. The summed E-state index contributed by atoms with van der Waals surface area (Å²) >= 11 is 3.24. The molecule has 2 nitrogen and oxygen atoms in total. The van der Waals surface area contributed by atoms with Crippen molar-refractivity contribution in [3.05, 3.63) is 28.5 Å². The summed E-state index contributed by atoms with van der Waals surface area (Å²) in [6, 6.07) is 6.36. The Morgan fingerprint density at radius 1 is 1.22 bits per heavy atom. The zero-order chi connectivity index (χ0) is 12.5. The Hall–Kier alpha value is -0.610. The average Bonchev–Trinajstić information content (AvgIpc) is 2.78. The first kappa shape index (κ1) is 12.4. The first-order valence-corrected chi connectivity index (χ1v) is 7.49. The van der Waals surface area contributed by atoms with Gasteiger partial charge >= 0.3 is 0 Å². The number of halogens is 2. The maximum atomic E-state index is 13.2. The third kappa shape index (κ3) is 2.41. The van der Waals surface area contributed by atoms with Crippen LogP contribution in [-0.4, -0.2) is 30.1 Å². The van der Waals surface area contributed by atoms with E-state index in [0.717, 1.165) is 5.69 Å². The fraction of sp³-hybridized carbons (Fsp3) is 0.571. The molecule has 18 heavy (non-hydrogen) atoms. The van der Waals surface area contributed by atoms with E-state index >= 15 is 0 Å². The number of hydrogen-bond donors (Lipinski definition) is 1. The largest absolute Gasteiger partial charge is 0.381 e. The first-order chi connectivity index (χ1) is 8.74. The van der Waals surface area contributed by atoms with Gasteiger partial charge in [0.15, 0.2) is 0 Å². The summed E-state index contributed by atoms with van der Waals surface area (Å²) < 4.78 is 13.7. The Labute approximate surface area is 116 Å². The van der Waals surface area contributed by atoms with Gasteiger partial charge in [0, 0.05) is 24.3 Å². The zero-order valence-electron chi connectivity index (χ0n) is 10.3. The van der Waals surface area contributed by atoms with E-state index in [9.17, 15) is 4.39 Å². The molecule has 2 saturated heterocycles. The van der Waals surface area contributed by atoms with Crippen molar-refractivity contribution < 1.29 is 4.39 Å². The van der Waals surface area contributed by atoms with E-state index in [2.05, 4.69) is 26.1 Å². The van der Waals surface area contributed by atoms with Crippen LogP contribution < -0.4 is 5.32 Å². The van der Waals surface area contributed by atoms with Gasteiger partial charge in [-0.3, -0.25) is 4.90 Å². The van der Waals surface area contributed by atoms with E-state index < -0.39 is 0 Å². The summed E-state index contributed by atoms with van der Waals surface area (Å²) in [5.41, 5.74) is 1.01. The Kier molecular flexibility index (Phi) is 3.57. The van der Waals surface area contributed by atoms with Gasteiger partial charge in [-0.1, -0.05) is 6.42 Å². The van der Waals surface area contributed by atoms with E-state index in [1.54, 1.807) is 0 Å². The number of fused-ring (bicyclic) bond motifs is 1. The predicted octanol–water partition coefficient (Wildman–Crippen LogP) is 3.63. The third-order valence-corrected chi connectivity index (χ3v) is 4.74. The van der Waals surface area contributed by atoms with Crippen LogP contribution in [0.1, 0.15) is 25.7 Å². The number of piperidine rings is 1. The molecule has 0 aliphatic carbocycles. The highest BCUT2D eigenvalue weighted by Gasteiger charge is 2.35. The van der Waals surface area contributed by atoms with Gasteiger partial charge in [0.2, 0.25) is 0 Å². The minimum absolute atomic E-state index is 0.203. The lowest BCUT2D eigenvalue weighted by molar-refractivity contribution is 0.193. The van der Waals surface area contributed by atoms with Gasteiger partial charge in [-0.05, 0) is 59.9 Å². The lowest BCUT2D eigenvalue weighted by Gasteiger charge is -2.33. The molecule has 0 amide bonds. The molecule has 2 heterocycles. The summed E-state index contributed by atoms with van der Waals surface area (Å²) in [7, 11) is 0. The lowest BCUT2D eigenvalue weighted by Crippen LogP contribution is -2.41. The van der Waals surface area contributed by atoms with Crippen LogP contribution in [0.15, 0.2) is 22.7 Å². The molecule has 0 radical (unpaired) electrons. The molecule has 2 unspecified atom stereocenters. The second-order valence-corrected chi connectivity index (χ2v) is 6.12. The minimum atomic E-state index is -0.203. The minimum Gasteiger partial charge on any atom is -0.381 e. The van der Waals surface area contributed by atoms with Crippen molar-refractivity contribution in [1.82, 2.24) is 4.90 Å². The molecule has 98 valence electrons. The molecule has 0 spiro atoms. The summed E-state index contributed by atoms with van der Waals surface area (Å²) in [4.78, 5) is 2.60. The summed E-state index contributed by atoms with van der Waals surface area (Å²) in [5.74, 6) is -0.203. The quantitative estimate of drug-likeness (QED) is 0.897. The van der Waals surface area contributed by atoms with Crippen LogP contribution in [-0.2, 0) is 0 Å². The fourth-order valence-corrected chi connectivity index (χ4v) is 3.59. The number of rotatable bonds is 2. The smallest absolute Gasteiger partial charge is 0.137 e. The van der Waals surface area contributed by atoms with Crippen LogP contribution in [0.4, 0.5) is 10.1 Å². The molecule has 0 bridgehead atoms. The number of benzene rings is 1. The zero-order valence-corrected chi connectivity index (χ0v) is 11.9. The SMILES string of the molecule is Fc1ccc(NC2CCN3CCCCC23)cc1Br. The topological polar surface area (TPSA) is 15.3 Å². The van der Waals surface area contributed by atoms with Crippen molar-refractivity contribution in [2.24, 2.45) is 0 Å². The second kappa shape index (κ2) is 5.17. The number of nitrogens with zero attached hydrogens (tertiary/aromatic N) is 1. The summed E-state index contributed by atoms with van der Waals surface area (Å²) in [5, 5.41) is 3.57. The van der Waals surface area contributed by atoms with Crippen LogP contribution in [0.2, 0.25) is 0 Å². The standard InChI is InChI=1S/C14H18BrFN2/c15-11-9-10(4-5-12(11)16)17-13-6-8-18-7-2-1-3-14(13)18/h4-5,9,13-14,17H,1-3,6-8H2. The Morgan fingerprint density at radius 2 is 2.11 bits per heavy atom. The van der Waals surface area contributed by atoms with Gasteiger partial charge in [-0.2, -0.15) is 0 Å². The molecule has 1 aromatic rings. The Morgan fingerprint density at radius 3 is 2.94 bits per heavy atom. The van der Waals surface area contributed by atoms with Crippen molar-refractivity contribution in [3.63, 3.8) is 0 Å². The van der Waals surface area contributed by atoms with E-state index in [4.69, 9.17) is 0 Å². The van der Waals surface area contributed by atoms with Crippen LogP contribution in [0.5, 0.6) is 0 Å². The molecule has 1 N–H and O–H groups in total. The average molecular weight is 313 g/mol. The van der Waals surface area contributed by atoms with Crippen LogP contribution in [0.3, 0.4) is 0 Å². The fourth-order valence-electron chi connectivity index (χ4n) is 3.22. The highest BCUT2D eigenvalue weighted by molar-refractivity contribution is 9.10. The van der Waals surface area contributed by atoms with Gasteiger partial charge in [-0.15, -0.1) is 0 Å². The molecule has 2 aliphatic heterocycles. The van der Waals surface area contributed by atoms with Gasteiger partial charge in [0.05, 0.1) is 4.47 Å².